The number of ether oxygens (including phenoxy) is 2. The van der Waals surface area contributed by atoms with Gasteiger partial charge in [-0.2, -0.15) is 0 Å². The van der Waals surface area contributed by atoms with Gasteiger partial charge in [-0.05, 0) is 59.7 Å². The van der Waals surface area contributed by atoms with Crippen LogP contribution in [-0.2, 0) is 0 Å². The van der Waals surface area contributed by atoms with Crippen LogP contribution in [0.1, 0.15) is 6.42 Å². The Morgan fingerprint density at radius 1 is 0.900 bits per heavy atom. The molecule has 3 aromatic carbocycles. The first-order chi connectivity index (χ1) is 14.4. The molecular weight excluding hydrogens is 411 g/mol. The Balaban J connectivity index is 1.60. The van der Waals surface area contributed by atoms with Gasteiger partial charge < -0.3 is 14.8 Å². The summed E-state index contributed by atoms with van der Waals surface area (Å²) in [5.74, 6) is 1.46. The second-order valence-electron chi connectivity index (χ2n) is 6.43. The summed E-state index contributed by atoms with van der Waals surface area (Å²) in [5.41, 5.74) is 2.50. The second kappa shape index (κ2) is 10.3. The summed E-state index contributed by atoms with van der Waals surface area (Å²) in [6.07, 6.45) is -3.73. The molecule has 158 valence electrons. The van der Waals surface area contributed by atoms with Crippen LogP contribution < -0.4 is 14.8 Å². The number of nitrogens with one attached hydrogen (secondary N) is 1. The van der Waals surface area contributed by atoms with Crippen molar-refractivity contribution in [3.05, 3.63) is 72.8 Å². The molecule has 0 unspecified atom stereocenters. The Morgan fingerprint density at radius 3 is 2.27 bits per heavy atom. The lowest BCUT2D eigenvalue weighted by Gasteiger charge is -2.14. The topological polar surface area (TPSA) is 30.5 Å². The predicted molar refractivity (Wildman–Crippen MR) is 115 cm³/mol. The van der Waals surface area contributed by atoms with Crippen molar-refractivity contribution in [3.63, 3.8) is 0 Å². The molecule has 0 aliphatic heterocycles. The van der Waals surface area contributed by atoms with Crippen LogP contribution in [0.15, 0.2) is 77.7 Å². The zero-order chi connectivity index (χ0) is 21.4. The molecule has 3 nitrogen and oxygen atoms in total. The first kappa shape index (κ1) is 21.9. The van der Waals surface area contributed by atoms with Crippen molar-refractivity contribution in [2.24, 2.45) is 0 Å². The molecule has 0 aliphatic carbocycles. The first-order valence-corrected chi connectivity index (χ1v) is 10.4. The summed E-state index contributed by atoms with van der Waals surface area (Å²) >= 11 is 1.81. The molecule has 0 saturated carbocycles. The lowest BCUT2D eigenvalue weighted by molar-refractivity contribution is -0.274. The first-order valence-electron chi connectivity index (χ1n) is 9.40. The maximum Gasteiger partial charge on any atom is 0.573 e. The van der Waals surface area contributed by atoms with Crippen molar-refractivity contribution in [2.45, 2.75) is 17.7 Å². The van der Waals surface area contributed by atoms with E-state index in [0.29, 0.717) is 5.75 Å². The molecule has 0 bridgehead atoms. The highest BCUT2D eigenvalue weighted by Gasteiger charge is 2.30. The lowest BCUT2D eigenvalue weighted by atomic mass is 10.0. The van der Waals surface area contributed by atoms with Gasteiger partial charge in [0.15, 0.2) is 0 Å². The highest BCUT2D eigenvalue weighted by atomic mass is 32.2. The predicted octanol–water partition coefficient (Wildman–Crippen LogP) is 6.86. The molecule has 7 heteroatoms. The van der Waals surface area contributed by atoms with Gasteiger partial charge in [-0.3, -0.25) is 0 Å². The smallest absolute Gasteiger partial charge is 0.495 e. The van der Waals surface area contributed by atoms with Crippen molar-refractivity contribution in [1.82, 2.24) is 0 Å². The molecule has 0 atom stereocenters. The van der Waals surface area contributed by atoms with Crippen LogP contribution in [0.5, 0.6) is 11.5 Å². The van der Waals surface area contributed by atoms with E-state index in [1.807, 2.05) is 48.2 Å². The molecule has 0 spiro atoms. The summed E-state index contributed by atoms with van der Waals surface area (Å²) in [6.45, 7) is 0.776. The molecule has 1 N–H and O–H groups in total. The monoisotopic (exact) mass is 433 g/mol. The van der Waals surface area contributed by atoms with Crippen LogP contribution >= 0.6 is 11.8 Å². The quantitative estimate of drug-likeness (QED) is 0.295. The summed E-state index contributed by atoms with van der Waals surface area (Å²) in [5, 5.41) is 3.39. The van der Waals surface area contributed by atoms with Gasteiger partial charge in [0.1, 0.15) is 11.5 Å². The molecule has 0 saturated heterocycles. The number of thioether (sulfide) groups is 1. The average Bonchev–Trinajstić information content (AvgIpc) is 2.73. The molecule has 3 rings (SSSR count). The zero-order valence-electron chi connectivity index (χ0n) is 16.4. The number of anilines is 1. The third kappa shape index (κ3) is 6.62. The van der Waals surface area contributed by atoms with E-state index in [1.165, 1.54) is 17.0 Å². The maximum absolute atomic E-state index is 12.3. The third-order valence-electron chi connectivity index (χ3n) is 4.27. The summed E-state index contributed by atoms with van der Waals surface area (Å²) in [4.78, 5) is 1.25. The van der Waals surface area contributed by atoms with Crippen LogP contribution in [0.25, 0.3) is 11.1 Å². The Kier molecular flexibility index (Phi) is 7.52. The largest absolute Gasteiger partial charge is 0.573 e. The van der Waals surface area contributed by atoms with Gasteiger partial charge in [-0.1, -0.05) is 36.4 Å². The average molecular weight is 433 g/mol. The molecule has 30 heavy (non-hydrogen) atoms. The van der Waals surface area contributed by atoms with E-state index in [2.05, 4.69) is 22.2 Å². The molecule has 0 radical (unpaired) electrons. The third-order valence-corrected chi connectivity index (χ3v) is 5.37. The minimum atomic E-state index is -4.70. The maximum atomic E-state index is 12.3. The fraction of sp³-hybridized carbons (Fsp3) is 0.217. The van der Waals surface area contributed by atoms with E-state index in [-0.39, 0.29) is 5.75 Å². The number of halogens is 3. The van der Waals surface area contributed by atoms with Gasteiger partial charge in [0.2, 0.25) is 0 Å². The second-order valence-corrected chi connectivity index (χ2v) is 7.60. The summed E-state index contributed by atoms with van der Waals surface area (Å²) in [6, 6.07) is 21.7. The number of methoxy groups -OCH3 is 1. The van der Waals surface area contributed by atoms with Crippen LogP contribution in [0.3, 0.4) is 0 Å². The van der Waals surface area contributed by atoms with Crippen molar-refractivity contribution in [1.29, 1.82) is 0 Å². The minimum absolute atomic E-state index is 0.242. The Labute approximate surface area is 178 Å². The standard InChI is InChI=1S/C23H22F3NO2S/c1-28-22-13-10-18(17-8-11-19(12-9-17)29-23(24,25)26)16-21(22)27-14-5-15-30-20-6-3-2-4-7-20/h2-4,6-13,16,27H,5,14-15H2,1H3. The van der Waals surface area contributed by atoms with E-state index in [0.717, 1.165) is 35.5 Å². The van der Waals surface area contributed by atoms with E-state index in [1.54, 1.807) is 19.2 Å². The number of alkyl halides is 3. The molecule has 3 aromatic rings. The molecule has 0 amide bonds. The Hall–Kier alpha value is -2.80. The van der Waals surface area contributed by atoms with Crippen LogP contribution in [0.2, 0.25) is 0 Å². The van der Waals surface area contributed by atoms with Crippen LogP contribution in [0.4, 0.5) is 18.9 Å². The van der Waals surface area contributed by atoms with E-state index in [9.17, 15) is 13.2 Å². The summed E-state index contributed by atoms with van der Waals surface area (Å²) in [7, 11) is 1.61. The van der Waals surface area contributed by atoms with Gasteiger partial charge in [0.25, 0.3) is 0 Å². The number of hydrogen-bond acceptors (Lipinski definition) is 4. The van der Waals surface area contributed by atoms with Crippen molar-refractivity contribution in [2.75, 3.05) is 24.7 Å². The highest BCUT2D eigenvalue weighted by molar-refractivity contribution is 7.99. The van der Waals surface area contributed by atoms with Gasteiger partial charge in [-0.15, -0.1) is 24.9 Å². The molecule has 0 aromatic heterocycles. The van der Waals surface area contributed by atoms with Crippen molar-refractivity contribution >= 4 is 17.4 Å². The summed E-state index contributed by atoms with van der Waals surface area (Å²) < 4.78 is 46.3. The van der Waals surface area contributed by atoms with Gasteiger partial charge in [0.05, 0.1) is 12.8 Å². The van der Waals surface area contributed by atoms with E-state index < -0.39 is 6.36 Å². The number of rotatable bonds is 9. The number of benzene rings is 3. The van der Waals surface area contributed by atoms with E-state index in [4.69, 9.17) is 4.74 Å². The van der Waals surface area contributed by atoms with Crippen LogP contribution in [-0.4, -0.2) is 25.8 Å². The van der Waals surface area contributed by atoms with Gasteiger partial charge in [-0.25, -0.2) is 0 Å². The van der Waals surface area contributed by atoms with Crippen LogP contribution in [0, 0.1) is 0 Å². The van der Waals surface area contributed by atoms with Crippen molar-refractivity contribution in [3.8, 4) is 22.6 Å². The lowest BCUT2D eigenvalue weighted by Crippen LogP contribution is -2.16. The molecule has 0 fully saturated rings. The van der Waals surface area contributed by atoms with Gasteiger partial charge >= 0.3 is 6.36 Å². The Bertz CT molecular complexity index is 931. The minimum Gasteiger partial charge on any atom is -0.495 e. The normalized spacial score (nSPS) is 11.2. The fourth-order valence-corrected chi connectivity index (χ4v) is 3.75. The molecule has 0 aliphatic rings. The highest BCUT2D eigenvalue weighted by Crippen LogP contribution is 2.32. The SMILES string of the molecule is COc1ccc(-c2ccc(OC(F)(F)F)cc2)cc1NCCCSc1ccccc1. The zero-order valence-corrected chi connectivity index (χ0v) is 17.2. The molecular formula is C23H22F3NO2S. The molecule has 0 heterocycles. The number of hydrogen-bond donors (Lipinski definition) is 1. The fourth-order valence-electron chi connectivity index (χ4n) is 2.88. The van der Waals surface area contributed by atoms with Crippen molar-refractivity contribution < 1.29 is 22.6 Å². The van der Waals surface area contributed by atoms with E-state index >= 15 is 0 Å². The van der Waals surface area contributed by atoms with Gasteiger partial charge in [0, 0.05) is 11.4 Å². The Morgan fingerprint density at radius 2 is 1.60 bits per heavy atom.